The van der Waals surface area contributed by atoms with Crippen LogP contribution in [0.3, 0.4) is 0 Å². The Balaban J connectivity index is 1.61. The minimum absolute atomic E-state index is 0.0824. The molecule has 39 heavy (non-hydrogen) atoms. The molecule has 3 nitrogen and oxygen atoms in total. The van der Waals surface area contributed by atoms with Gasteiger partial charge < -0.3 is 5.11 Å². The molecule has 0 unspecified atom stereocenters. The molecule has 5 heteroatoms. The molecule has 0 aliphatic heterocycles. The van der Waals surface area contributed by atoms with Gasteiger partial charge in [0.25, 0.3) is 0 Å². The van der Waals surface area contributed by atoms with Gasteiger partial charge in [-0.1, -0.05) is 90.1 Å². The van der Waals surface area contributed by atoms with Gasteiger partial charge >= 0.3 is 0 Å². The average molecular weight is 537 g/mol. The van der Waals surface area contributed by atoms with Crippen LogP contribution < -0.4 is 0 Å². The molecule has 5 aromatic rings. The third kappa shape index (κ3) is 5.50. The van der Waals surface area contributed by atoms with Crippen molar-refractivity contribution in [2.45, 2.75) is 52.4 Å². The van der Waals surface area contributed by atoms with Crippen molar-refractivity contribution in [1.29, 1.82) is 0 Å². The number of hydrogen-bond acceptors (Lipinski definition) is 4. The van der Waals surface area contributed by atoms with E-state index in [1.54, 1.807) is 18.3 Å². The van der Waals surface area contributed by atoms with Gasteiger partial charge in [-0.15, -0.1) is 11.3 Å². The summed E-state index contributed by atoms with van der Waals surface area (Å²) >= 11 is 1.45. The molecule has 5 rings (SSSR count). The number of aromatic nitrogens is 1. The molecule has 0 amide bonds. The third-order valence-corrected chi connectivity index (χ3v) is 7.87. The molecular weight excluding hydrogens is 503 g/mol. The summed E-state index contributed by atoms with van der Waals surface area (Å²) in [5.41, 5.74) is 6.47. The molecule has 0 aliphatic rings. The lowest BCUT2D eigenvalue weighted by molar-refractivity contribution is 0.444. The van der Waals surface area contributed by atoms with Crippen LogP contribution in [0.1, 0.15) is 58.2 Å². The van der Waals surface area contributed by atoms with E-state index in [9.17, 15) is 9.50 Å². The standard InChI is InChI=1S/C34H33FN2OS/c1-33(2,3)23-16-22(31(38)27(17-23)34(4,5)6)20-36-28-15-11-10-14-25(28)32-37-30-26(21-12-8-7-9-13-21)18-24(35)19-29(30)39-32/h7-20,38H,1-6H3. The van der Waals surface area contributed by atoms with Crippen molar-refractivity contribution in [3.8, 4) is 27.4 Å². The van der Waals surface area contributed by atoms with Crippen LogP contribution in [-0.2, 0) is 10.8 Å². The highest BCUT2D eigenvalue weighted by Crippen LogP contribution is 2.41. The molecule has 0 fully saturated rings. The Labute approximate surface area is 233 Å². The predicted octanol–water partition coefficient (Wildman–Crippen LogP) is 9.82. The van der Waals surface area contributed by atoms with Crippen LogP contribution in [0.4, 0.5) is 10.1 Å². The first kappa shape index (κ1) is 26.8. The summed E-state index contributed by atoms with van der Waals surface area (Å²) in [6.45, 7) is 12.8. The lowest BCUT2D eigenvalue weighted by Gasteiger charge is -2.27. The number of aliphatic imine (C=N–C) groups is 1. The lowest BCUT2D eigenvalue weighted by atomic mass is 9.79. The molecule has 4 aromatic carbocycles. The first-order valence-electron chi connectivity index (χ1n) is 13.1. The summed E-state index contributed by atoms with van der Waals surface area (Å²) in [5, 5.41) is 12.0. The van der Waals surface area contributed by atoms with Crippen LogP contribution in [0.15, 0.2) is 83.9 Å². The number of nitrogens with zero attached hydrogens (tertiary/aromatic N) is 2. The van der Waals surface area contributed by atoms with Gasteiger partial charge in [0.15, 0.2) is 0 Å². The molecule has 0 bridgehead atoms. The number of benzene rings is 4. The predicted molar refractivity (Wildman–Crippen MR) is 163 cm³/mol. The zero-order chi connectivity index (χ0) is 27.9. The van der Waals surface area contributed by atoms with Gasteiger partial charge in [0.2, 0.25) is 0 Å². The number of para-hydroxylation sites is 1. The Hall–Kier alpha value is -3.83. The average Bonchev–Trinajstić information content (AvgIpc) is 3.30. The van der Waals surface area contributed by atoms with Gasteiger partial charge in [-0.3, -0.25) is 4.99 Å². The molecule has 1 aromatic heterocycles. The van der Waals surface area contributed by atoms with Crippen molar-refractivity contribution in [2.24, 2.45) is 4.99 Å². The second-order valence-electron chi connectivity index (χ2n) is 11.9. The maximum atomic E-state index is 14.6. The van der Waals surface area contributed by atoms with E-state index in [-0.39, 0.29) is 22.4 Å². The smallest absolute Gasteiger partial charge is 0.128 e. The van der Waals surface area contributed by atoms with Gasteiger partial charge in [0.05, 0.1) is 15.9 Å². The Bertz CT molecular complexity index is 1690. The zero-order valence-electron chi connectivity index (χ0n) is 23.2. The van der Waals surface area contributed by atoms with Crippen molar-refractivity contribution >= 4 is 33.5 Å². The quantitative estimate of drug-likeness (QED) is 0.232. The number of fused-ring (bicyclic) bond motifs is 1. The van der Waals surface area contributed by atoms with Gasteiger partial charge in [0, 0.05) is 28.5 Å². The zero-order valence-corrected chi connectivity index (χ0v) is 24.0. The summed E-state index contributed by atoms with van der Waals surface area (Å²) in [6.07, 6.45) is 1.74. The number of phenols is 1. The van der Waals surface area contributed by atoms with Crippen molar-refractivity contribution in [2.75, 3.05) is 0 Å². The van der Waals surface area contributed by atoms with Crippen molar-refractivity contribution in [3.05, 3.63) is 101 Å². The van der Waals surface area contributed by atoms with E-state index in [1.807, 2.05) is 60.7 Å². The molecule has 198 valence electrons. The number of hydrogen-bond donors (Lipinski definition) is 1. The molecular formula is C34H33FN2OS. The van der Waals surface area contributed by atoms with E-state index in [0.717, 1.165) is 48.7 Å². The maximum Gasteiger partial charge on any atom is 0.128 e. The largest absolute Gasteiger partial charge is 0.507 e. The number of rotatable bonds is 4. The van der Waals surface area contributed by atoms with E-state index >= 15 is 0 Å². The maximum absolute atomic E-state index is 14.6. The number of phenolic OH excluding ortho intramolecular Hbond substituents is 1. The summed E-state index contributed by atoms with van der Waals surface area (Å²) in [6, 6.07) is 24.8. The Morgan fingerprint density at radius 1 is 0.821 bits per heavy atom. The fraction of sp³-hybridized carbons (Fsp3) is 0.235. The second-order valence-corrected chi connectivity index (χ2v) is 13.0. The third-order valence-electron chi connectivity index (χ3n) is 6.84. The summed E-state index contributed by atoms with van der Waals surface area (Å²) in [7, 11) is 0. The molecule has 1 heterocycles. The van der Waals surface area contributed by atoms with Crippen LogP contribution in [0, 0.1) is 5.82 Å². The van der Waals surface area contributed by atoms with Crippen LogP contribution in [0.25, 0.3) is 31.9 Å². The topological polar surface area (TPSA) is 45.5 Å². The highest BCUT2D eigenvalue weighted by atomic mass is 32.1. The van der Waals surface area contributed by atoms with Crippen molar-refractivity contribution in [3.63, 3.8) is 0 Å². The molecule has 0 spiro atoms. The lowest BCUT2D eigenvalue weighted by Crippen LogP contribution is -2.17. The molecule has 0 atom stereocenters. The Kier molecular flexibility index (Phi) is 6.90. The summed E-state index contributed by atoms with van der Waals surface area (Å²) < 4.78 is 15.4. The van der Waals surface area contributed by atoms with E-state index in [1.165, 1.54) is 11.3 Å². The van der Waals surface area contributed by atoms with E-state index < -0.39 is 0 Å². The van der Waals surface area contributed by atoms with Crippen LogP contribution in [0.2, 0.25) is 0 Å². The molecule has 0 saturated heterocycles. The molecule has 0 saturated carbocycles. The Morgan fingerprint density at radius 3 is 2.21 bits per heavy atom. The van der Waals surface area contributed by atoms with Gasteiger partial charge in [0.1, 0.15) is 16.6 Å². The fourth-order valence-corrected chi connectivity index (χ4v) is 5.67. The highest BCUT2D eigenvalue weighted by Gasteiger charge is 2.24. The second kappa shape index (κ2) is 10.0. The molecule has 1 N–H and O–H groups in total. The van der Waals surface area contributed by atoms with Gasteiger partial charge in [-0.2, -0.15) is 0 Å². The first-order chi connectivity index (χ1) is 18.4. The van der Waals surface area contributed by atoms with Crippen LogP contribution in [-0.4, -0.2) is 16.3 Å². The fourth-order valence-electron chi connectivity index (χ4n) is 4.62. The van der Waals surface area contributed by atoms with Crippen LogP contribution in [0.5, 0.6) is 5.75 Å². The summed E-state index contributed by atoms with van der Waals surface area (Å²) in [5.74, 6) is -0.0357. The van der Waals surface area contributed by atoms with E-state index in [4.69, 9.17) is 9.98 Å². The monoisotopic (exact) mass is 536 g/mol. The number of aromatic hydroxyl groups is 1. The minimum Gasteiger partial charge on any atom is -0.507 e. The van der Waals surface area contributed by atoms with Gasteiger partial charge in [-0.05, 0) is 52.3 Å². The summed E-state index contributed by atoms with van der Waals surface area (Å²) in [4.78, 5) is 9.79. The first-order valence-corrected chi connectivity index (χ1v) is 13.9. The van der Waals surface area contributed by atoms with E-state index in [2.05, 4.69) is 47.6 Å². The normalized spacial score (nSPS) is 12.5. The van der Waals surface area contributed by atoms with Gasteiger partial charge in [-0.25, -0.2) is 9.37 Å². The Morgan fingerprint density at radius 2 is 1.51 bits per heavy atom. The van der Waals surface area contributed by atoms with E-state index in [0.29, 0.717) is 5.56 Å². The highest BCUT2D eigenvalue weighted by molar-refractivity contribution is 7.21. The van der Waals surface area contributed by atoms with Crippen molar-refractivity contribution < 1.29 is 9.50 Å². The van der Waals surface area contributed by atoms with Crippen LogP contribution >= 0.6 is 11.3 Å². The number of thiazole rings is 1. The molecule has 0 radical (unpaired) electrons. The molecule has 0 aliphatic carbocycles. The number of halogens is 1. The minimum atomic E-state index is -0.285. The SMILES string of the molecule is CC(C)(C)c1cc(C=Nc2ccccc2-c2nc3c(-c4ccccc4)cc(F)cc3s2)c(O)c(C(C)(C)C)c1. The van der Waals surface area contributed by atoms with Crippen molar-refractivity contribution in [1.82, 2.24) is 4.98 Å².